The topological polar surface area (TPSA) is 110 Å². The predicted octanol–water partition coefficient (Wildman–Crippen LogP) is 5.52. The van der Waals surface area contributed by atoms with Gasteiger partial charge in [-0.15, -0.1) is 0 Å². The van der Waals surface area contributed by atoms with Crippen LogP contribution in [0.15, 0.2) is 65.8 Å². The summed E-state index contributed by atoms with van der Waals surface area (Å²) in [4.78, 5) is 25.4. The molecule has 1 amide bonds. The Morgan fingerprint density at radius 1 is 0.977 bits per heavy atom. The van der Waals surface area contributed by atoms with E-state index in [4.69, 9.17) is 37.7 Å². The second-order valence-corrected chi connectivity index (χ2v) is 11.3. The van der Waals surface area contributed by atoms with Crippen molar-refractivity contribution in [1.82, 2.24) is 25.9 Å². The molecule has 2 aliphatic rings. The van der Waals surface area contributed by atoms with Gasteiger partial charge in [-0.05, 0) is 30.7 Å². The van der Waals surface area contributed by atoms with E-state index in [1.807, 2.05) is 54.6 Å². The van der Waals surface area contributed by atoms with E-state index in [2.05, 4.69) is 25.9 Å². The van der Waals surface area contributed by atoms with Crippen molar-refractivity contribution in [3.8, 4) is 45.3 Å². The molecule has 2 aromatic heterocycles. The SMILES string of the molecule is COc1cc(-c2nccc(-c3cccc(-c4ccc(CNC[C@H]5CCC(=O)N5)c(OC)n4)c3Cl)c2Cl)ccc1C1=NCCN1. The maximum absolute atomic E-state index is 11.5. The van der Waals surface area contributed by atoms with E-state index in [1.165, 1.54) is 0 Å². The fourth-order valence-electron chi connectivity index (χ4n) is 5.55. The minimum Gasteiger partial charge on any atom is -0.496 e. The average molecular weight is 632 g/mol. The van der Waals surface area contributed by atoms with Crippen molar-refractivity contribution < 1.29 is 14.3 Å². The number of halogens is 2. The molecule has 1 atom stereocenters. The van der Waals surface area contributed by atoms with Crippen LogP contribution in [0.1, 0.15) is 24.0 Å². The van der Waals surface area contributed by atoms with Gasteiger partial charge in [0.2, 0.25) is 11.8 Å². The van der Waals surface area contributed by atoms with Gasteiger partial charge in [0.05, 0.1) is 47.8 Å². The van der Waals surface area contributed by atoms with Crippen LogP contribution in [0, 0.1) is 0 Å². The molecular formula is C33H32Cl2N6O3. The van der Waals surface area contributed by atoms with Gasteiger partial charge in [-0.25, -0.2) is 4.98 Å². The van der Waals surface area contributed by atoms with E-state index in [0.29, 0.717) is 52.6 Å². The lowest BCUT2D eigenvalue weighted by molar-refractivity contribution is -0.119. The van der Waals surface area contributed by atoms with E-state index in [9.17, 15) is 4.79 Å². The lowest BCUT2D eigenvalue weighted by Crippen LogP contribution is -2.35. The largest absolute Gasteiger partial charge is 0.496 e. The number of methoxy groups -OCH3 is 2. The van der Waals surface area contributed by atoms with Gasteiger partial charge in [-0.3, -0.25) is 14.8 Å². The fourth-order valence-corrected chi connectivity index (χ4v) is 6.19. The number of carbonyl (C=O) groups is 1. The van der Waals surface area contributed by atoms with Crippen LogP contribution in [0.25, 0.3) is 33.6 Å². The summed E-state index contributed by atoms with van der Waals surface area (Å²) in [6.07, 6.45) is 3.14. The quantitative estimate of drug-likeness (QED) is 0.212. The average Bonchev–Trinajstić information content (AvgIpc) is 3.73. The van der Waals surface area contributed by atoms with Gasteiger partial charge < -0.3 is 25.4 Å². The third-order valence-corrected chi connectivity index (χ3v) is 8.57. The lowest BCUT2D eigenvalue weighted by atomic mass is 9.99. The van der Waals surface area contributed by atoms with E-state index >= 15 is 0 Å². The Labute approximate surface area is 266 Å². The number of aliphatic imine (C=N–C) groups is 1. The first-order valence-corrected chi connectivity index (χ1v) is 15.2. The predicted molar refractivity (Wildman–Crippen MR) is 174 cm³/mol. The van der Waals surface area contributed by atoms with E-state index in [-0.39, 0.29) is 11.9 Å². The number of aromatic nitrogens is 2. The van der Waals surface area contributed by atoms with Gasteiger partial charge in [-0.2, -0.15) is 0 Å². The zero-order valence-corrected chi connectivity index (χ0v) is 25.9. The van der Waals surface area contributed by atoms with E-state index < -0.39 is 0 Å². The van der Waals surface area contributed by atoms with Gasteiger partial charge >= 0.3 is 0 Å². The highest BCUT2D eigenvalue weighted by Crippen LogP contribution is 2.42. The number of rotatable bonds is 10. The van der Waals surface area contributed by atoms with Crippen LogP contribution in [-0.4, -0.2) is 61.6 Å². The molecule has 6 rings (SSSR count). The molecule has 4 aromatic rings. The highest BCUT2D eigenvalue weighted by molar-refractivity contribution is 6.39. The van der Waals surface area contributed by atoms with Gasteiger partial charge in [0.1, 0.15) is 11.6 Å². The Hall–Kier alpha value is -4.18. The van der Waals surface area contributed by atoms with Crippen LogP contribution in [0.3, 0.4) is 0 Å². The monoisotopic (exact) mass is 630 g/mol. The highest BCUT2D eigenvalue weighted by atomic mass is 35.5. The number of amides is 1. The maximum Gasteiger partial charge on any atom is 0.220 e. The number of nitrogens with one attached hydrogen (secondary N) is 3. The third kappa shape index (κ3) is 6.08. The highest BCUT2D eigenvalue weighted by Gasteiger charge is 2.22. The summed E-state index contributed by atoms with van der Waals surface area (Å²) in [5, 5.41) is 10.6. The Balaban J connectivity index is 1.27. The number of amidine groups is 1. The number of benzene rings is 2. The summed E-state index contributed by atoms with van der Waals surface area (Å²) in [5.74, 6) is 2.11. The first-order chi connectivity index (χ1) is 21.5. The van der Waals surface area contributed by atoms with Crippen LogP contribution >= 0.6 is 23.2 Å². The summed E-state index contributed by atoms with van der Waals surface area (Å²) in [7, 11) is 3.24. The Kier molecular flexibility index (Phi) is 8.97. The summed E-state index contributed by atoms with van der Waals surface area (Å²) in [6.45, 7) is 2.79. The molecule has 9 nitrogen and oxygen atoms in total. The summed E-state index contributed by atoms with van der Waals surface area (Å²) in [5.41, 5.74) is 6.17. The van der Waals surface area contributed by atoms with Crippen LogP contribution in [0.2, 0.25) is 10.0 Å². The smallest absolute Gasteiger partial charge is 0.220 e. The molecular weight excluding hydrogens is 599 g/mol. The molecule has 0 saturated carbocycles. The number of hydrogen-bond acceptors (Lipinski definition) is 8. The number of hydrogen-bond donors (Lipinski definition) is 3. The Morgan fingerprint density at radius 2 is 1.82 bits per heavy atom. The molecule has 2 aromatic carbocycles. The van der Waals surface area contributed by atoms with Crippen molar-refractivity contribution in [3.05, 3.63) is 82.0 Å². The number of nitrogens with zero attached hydrogens (tertiary/aromatic N) is 3. The van der Waals surface area contributed by atoms with E-state index in [1.54, 1.807) is 20.4 Å². The molecule has 226 valence electrons. The second-order valence-electron chi connectivity index (χ2n) is 10.6. The van der Waals surface area contributed by atoms with Crippen LogP contribution in [0.4, 0.5) is 0 Å². The number of carbonyl (C=O) groups excluding carboxylic acids is 1. The number of pyridine rings is 2. The van der Waals surface area contributed by atoms with E-state index in [0.717, 1.165) is 58.7 Å². The molecule has 44 heavy (non-hydrogen) atoms. The van der Waals surface area contributed by atoms with Crippen molar-refractivity contribution >= 4 is 34.9 Å². The molecule has 0 bridgehead atoms. The minimum absolute atomic E-state index is 0.103. The Bertz CT molecular complexity index is 1750. The van der Waals surface area contributed by atoms with Gasteiger partial charge in [0, 0.05) is 66.1 Å². The van der Waals surface area contributed by atoms with Crippen molar-refractivity contribution in [3.63, 3.8) is 0 Å². The minimum atomic E-state index is 0.103. The van der Waals surface area contributed by atoms with Gasteiger partial charge in [0.25, 0.3) is 0 Å². The molecule has 4 heterocycles. The third-order valence-electron chi connectivity index (χ3n) is 7.78. The summed E-state index contributed by atoms with van der Waals surface area (Å²) >= 11 is 14.1. The van der Waals surface area contributed by atoms with Crippen LogP contribution < -0.4 is 25.4 Å². The fraction of sp³-hybridized carbons (Fsp3) is 0.273. The van der Waals surface area contributed by atoms with Crippen LogP contribution in [-0.2, 0) is 11.3 Å². The molecule has 0 aliphatic carbocycles. The molecule has 0 radical (unpaired) electrons. The molecule has 0 spiro atoms. The summed E-state index contributed by atoms with van der Waals surface area (Å²) in [6, 6.07) is 17.5. The maximum atomic E-state index is 11.5. The Morgan fingerprint density at radius 3 is 2.57 bits per heavy atom. The van der Waals surface area contributed by atoms with Crippen molar-refractivity contribution in [2.75, 3.05) is 33.9 Å². The molecule has 1 saturated heterocycles. The first kappa shape index (κ1) is 29.9. The molecule has 0 unspecified atom stereocenters. The zero-order chi connectivity index (χ0) is 30.6. The van der Waals surface area contributed by atoms with Gasteiger partial charge in [0.15, 0.2) is 0 Å². The first-order valence-electron chi connectivity index (χ1n) is 14.4. The summed E-state index contributed by atoms with van der Waals surface area (Å²) < 4.78 is 11.3. The number of ether oxygens (including phenoxy) is 2. The molecule has 11 heteroatoms. The van der Waals surface area contributed by atoms with Crippen LogP contribution in [0.5, 0.6) is 11.6 Å². The molecule has 2 aliphatic heterocycles. The van der Waals surface area contributed by atoms with Crippen molar-refractivity contribution in [2.24, 2.45) is 4.99 Å². The normalized spacial score (nSPS) is 16.0. The standard InChI is InChI=1S/C33H32Cl2N6O3/c1-43-27-16-19(6-9-25(27)32-38-14-15-39-32)31-30(35)23(12-13-37-31)22-4-3-5-24(29(22)34)26-10-7-20(33(41-26)44-2)17-36-18-21-8-11-28(42)40-21/h3-7,9-10,12-13,16,21,36H,8,11,14-15,17-18H2,1-2H3,(H,38,39)(H,40,42)/t21-/m1/s1. The second kappa shape index (κ2) is 13.2. The van der Waals surface area contributed by atoms with Crippen molar-refractivity contribution in [1.29, 1.82) is 0 Å². The van der Waals surface area contributed by atoms with Gasteiger partial charge in [-0.1, -0.05) is 53.5 Å². The molecule has 3 N–H and O–H groups in total. The molecule has 1 fully saturated rings. The van der Waals surface area contributed by atoms with Crippen molar-refractivity contribution in [2.45, 2.75) is 25.4 Å². The zero-order valence-electron chi connectivity index (χ0n) is 24.4. The lowest BCUT2D eigenvalue weighted by Gasteiger charge is -2.16.